The largest absolute Gasteiger partial charge is 0.326 e. The van der Waals surface area contributed by atoms with Crippen LogP contribution in [0.25, 0.3) is 16.8 Å². The molecule has 1 N–H and O–H groups in total. The van der Waals surface area contributed by atoms with Crippen molar-refractivity contribution in [2.45, 2.75) is 13.3 Å². The fourth-order valence-corrected chi connectivity index (χ4v) is 3.04. The Kier molecular flexibility index (Phi) is 5.11. The lowest BCUT2D eigenvalue weighted by atomic mass is 10.0. The molecule has 0 atom stereocenters. The second-order valence-corrected chi connectivity index (χ2v) is 6.59. The molecule has 0 fully saturated rings. The van der Waals surface area contributed by atoms with Crippen LogP contribution in [0, 0.1) is 12.7 Å². The van der Waals surface area contributed by atoms with Gasteiger partial charge in [0.15, 0.2) is 5.82 Å². The number of nitrogens with one attached hydrogen (secondary N) is 1. The van der Waals surface area contributed by atoms with E-state index in [2.05, 4.69) is 20.8 Å². The highest BCUT2D eigenvalue weighted by molar-refractivity contribution is 5.92. The van der Waals surface area contributed by atoms with Gasteiger partial charge in [-0.25, -0.2) is 4.39 Å². The molecule has 0 aliphatic rings. The first-order chi connectivity index (χ1) is 14.1. The van der Waals surface area contributed by atoms with Crippen molar-refractivity contribution in [2.24, 2.45) is 0 Å². The lowest BCUT2D eigenvalue weighted by molar-refractivity contribution is -0.115. The molecular weight excluding hydrogens is 369 g/mol. The number of anilines is 1. The van der Waals surface area contributed by atoms with Gasteiger partial charge in [-0.15, -0.1) is 5.10 Å². The average Bonchev–Trinajstić information content (AvgIpc) is 3.16. The van der Waals surface area contributed by atoms with Crippen LogP contribution in [0.4, 0.5) is 10.1 Å². The van der Waals surface area contributed by atoms with Crippen LogP contribution in [0.1, 0.15) is 11.4 Å². The Morgan fingerprint density at radius 1 is 1.00 bits per heavy atom. The molecule has 0 radical (unpaired) electrons. The molecule has 1 aromatic heterocycles. The summed E-state index contributed by atoms with van der Waals surface area (Å²) < 4.78 is 15.4. The van der Waals surface area contributed by atoms with Crippen molar-refractivity contribution in [3.8, 4) is 16.8 Å². The molecule has 4 aromatic rings. The Balaban J connectivity index is 1.46. The molecule has 0 spiro atoms. The number of aromatic nitrogens is 4. The maximum atomic E-state index is 14.1. The summed E-state index contributed by atoms with van der Waals surface area (Å²) in [4.78, 5) is 12.4. The molecule has 0 unspecified atom stereocenters. The number of carbonyl (C=O) groups is 1. The number of amides is 1. The lowest BCUT2D eigenvalue weighted by Gasteiger charge is -2.09. The van der Waals surface area contributed by atoms with Gasteiger partial charge in [0.2, 0.25) is 5.91 Å². The summed E-state index contributed by atoms with van der Waals surface area (Å²) in [5.74, 6) is -0.218. The molecule has 3 aromatic carbocycles. The second kappa shape index (κ2) is 8.02. The minimum absolute atomic E-state index is 0.178. The van der Waals surface area contributed by atoms with Crippen LogP contribution >= 0.6 is 0 Å². The topological polar surface area (TPSA) is 72.7 Å². The van der Waals surface area contributed by atoms with Gasteiger partial charge in [0.25, 0.3) is 0 Å². The zero-order chi connectivity index (χ0) is 20.2. The van der Waals surface area contributed by atoms with Gasteiger partial charge in [-0.3, -0.25) is 4.79 Å². The molecule has 144 valence electrons. The van der Waals surface area contributed by atoms with Crippen molar-refractivity contribution in [1.82, 2.24) is 20.2 Å². The highest BCUT2D eigenvalue weighted by atomic mass is 19.1. The van der Waals surface area contributed by atoms with E-state index in [1.807, 2.05) is 54.6 Å². The monoisotopic (exact) mass is 387 g/mol. The fourth-order valence-electron chi connectivity index (χ4n) is 3.04. The number of nitrogens with zero attached hydrogens (tertiary/aromatic N) is 4. The maximum absolute atomic E-state index is 14.1. The smallest absolute Gasteiger partial charge is 0.228 e. The number of hydrogen-bond acceptors (Lipinski definition) is 4. The summed E-state index contributed by atoms with van der Waals surface area (Å²) in [6, 6.07) is 22.2. The predicted octanol–water partition coefficient (Wildman–Crippen LogP) is 3.96. The van der Waals surface area contributed by atoms with Crippen molar-refractivity contribution >= 4 is 11.6 Å². The highest BCUT2D eigenvalue weighted by Gasteiger charge is 2.12. The minimum atomic E-state index is -0.477. The van der Waals surface area contributed by atoms with Gasteiger partial charge in [0.05, 0.1) is 6.42 Å². The standard InChI is InChI=1S/C22H18FN5O/c1-15-25-26-27-28(15)21-14-19(11-12-20(21)23)24-22(29)13-16-7-9-18(10-8-16)17-5-3-2-4-6-17/h2-12,14H,13H2,1H3,(H,24,29). The molecule has 0 saturated heterocycles. The van der Waals surface area contributed by atoms with Crippen LogP contribution in [-0.2, 0) is 11.2 Å². The number of hydrogen-bond donors (Lipinski definition) is 1. The normalized spacial score (nSPS) is 10.7. The number of tetrazole rings is 1. The molecule has 6 nitrogen and oxygen atoms in total. The van der Waals surface area contributed by atoms with Crippen LogP contribution in [0.15, 0.2) is 72.8 Å². The number of aryl methyl sites for hydroxylation is 1. The van der Waals surface area contributed by atoms with Gasteiger partial charge in [-0.1, -0.05) is 54.6 Å². The van der Waals surface area contributed by atoms with Crippen LogP contribution in [0.5, 0.6) is 0 Å². The van der Waals surface area contributed by atoms with E-state index < -0.39 is 5.82 Å². The first kappa shape index (κ1) is 18.5. The van der Waals surface area contributed by atoms with Gasteiger partial charge < -0.3 is 5.32 Å². The Morgan fingerprint density at radius 2 is 1.72 bits per heavy atom. The van der Waals surface area contributed by atoms with Gasteiger partial charge in [-0.05, 0) is 52.2 Å². The number of carbonyl (C=O) groups excluding carboxylic acids is 1. The first-order valence-corrected chi connectivity index (χ1v) is 9.09. The summed E-state index contributed by atoms with van der Waals surface area (Å²) in [5, 5.41) is 13.8. The molecule has 0 aliphatic heterocycles. The van der Waals surface area contributed by atoms with Crippen LogP contribution < -0.4 is 5.32 Å². The van der Waals surface area contributed by atoms with Crippen LogP contribution in [0.2, 0.25) is 0 Å². The Hall–Kier alpha value is -3.87. The highest BCUT2D eigenvalue weighted by Crippen LogP contribution is 2.21. The number of benzene rings is 3. The predicted molar refractivity (Wildman–Crippen MR) is 108 cm³/mol. The molecule has 1 amide bonds. The Morgan fingerprint density at radius 3 is 2.41 bits per heavy atom. The SMILES string of the molecule is Cc1nnnn1-c1cc(NC(=O)Cc2ccc(-c3ccccc3)cc2)ccc1F. The van der Waals surface area contributed by atoms with E-state index in [0.29, 0.717) is 11.5 Å². The van der Waals surface area contributed by atoms with Gasteiger partial charge in [0.1, 0.15) is 11.5 Å². The molecule has 0 bridgehead atoms. The van der Waals surface area contributed by atoms with E-state index in [4.69, 9.17) is 0 Å². The van der Waals surface area contributed by atoms with E-state index in [9.17, 15) is 9.18 Å². The lowest BCUT2D eigenvalue weighted by Crippen LogP contribution is -2.15. The van der Waals surface area contributed by atoms with Gasteiger partial charge in [-0.2, -0.15) is 4.68 Å². The fraction of sp³-hybridized carbons (Fsp3) is 0.0909. The molecule has 4 rings (SSSR count). The molecule has 0 saturated carbocycles. The first-order valence-electron chi connectivity index (χ1n) is 9.09. The van der Waals surface area contributed by atoms with Crippen molar-refractivity contribution in [3.05, 3.63) is 90.0 Å². The third kappa shape index (κ3) is 4.19. The molecule has 29 heavy (non-hydrogen) atoms. The Labute approximate surface area is 167 Å². The van der Waals surface area contributed by atoms with E-state index in [0.717, 1.165) is 16.7 Å². The summed E-state index contributed by atoms with van der Waals surface area (Å²) >= 11 is 0. The average molecular weight is 387 g/mol. The zero-order valence-electron chi connectivity index (χ0n) is 15.7. The molecule has 7 heteroatoms. The summed E-state index contributed by atoms with van der Waals surface area (Å²) in [5.41, 5.74) is 3.76. The van der Waals surface area contributed by atoms with Crippen molar-refractivity contribution in [3.63, 3.8) is 0 Å². The number of rotatable bonds is 5. The summed E-state index contributed by atoms with van der Waals surface area (Å²) in [6.07, 6.45) is 0.214. The maximum Gasteiger partial charge on any atom is 0.228 e. The third-order valence-electron chi connectivity index (χ3n) is 4.51. The summed E-state index contributed by atoms with van der Waals surface area (Å²) in [6.45, 7) is 1.67. The van der Waals surface area contributed by atoms with E-state index in [1.165, 1.54) is 22.9 Å². The summed E-state index contributed by atoms with van der Waals surface area (Å²) in [7, 11) is 0. The van der Waals surface area contributed by atoms with Crippen molar-refractivity contribution in [2.75, 3.05) is 5.32 Å². The quantitative estimate of drug-likeness (QED) is 0.563. The Bertz CT molecular complexity index is 1140. The van der Waals surface area contributed by atoms with Crippen molar-refractivity contribution < 1.29 is 9.18 Å². The second-order valence-electron chi connectivity index (χ2n) is 6.59. The van der Waals surface area contributed by atoms with Gasteiger partial charge in [0, 0.05) is 5.69 Å². The van der Waals surface area contributed by atoms with Crippen LogP contribution in [-0.4, -0.2) is 26.1 Å². The molecule has 1 heterocycles. The van der Waals surface area contributed by atoms with Crippen LogP contribution in [0.3, 0.4) is 0 Å². The van der Waals surface area contributed by atoms with Crippen molar-refractivity contribution in [1.29, 1.82) is 0 Å². The third-order valence-corrected chi connectivity index (χ3v) is 4.51. The van der Waals surface area contributed by atoms with Gasteiger partial charge >= 0.3 is 0 Å². The molecule has 0 aliphatic carbocycles. The van der Waals surface area contributed by atoms with E-state index >= 15 is 0 Å². The minimum Gasteiger partial charge on any atom is -0.326 e. The molecular formula is C22H18FN5O. The number of halogens is 1. The van der Waals surface area contributed by atoms with E-state index in [1.54, 1.807) is 6.92 Å². The zero-order valence-corrected chi connectivity index (χ0v) is 15.7. The van der Waals surface area contributed by atoms with E-state index in [-0.39, 0.29) is 18.0 Å².